The van der Waals surface area contributed by atoms with E-state index in [2.05, 4.69) is 32.0 Å². The van der Waals surface area contributed by atoms with E-state index in [1.54, 1.807) is 31.3 Å². The lowest BCUT2D eigenvalue weighted by atomic mass is 9.94. The predicted octanol–water partition coefficient (Wildman–Crippen LogP) is 5.56. The van der Waals surface area contributed by atoms with E-state index in [1.165, 1.54) is 0 Å². The Balaban J connectivity index is 1.70. The quantitative estimate of drug-likeness (QED) is 0.386. The second-order valence-electron chi connectivity index (χ2n) is 9.14. The van der Waals surface area contributed by atoms with Crippen molar-refractivity contribution in [2.75, 3.05) is 31.3 Å². The van der Waals surface area contributed by atoms with Crippen molar-refractivity contribution in [3.05, 3.63) is 83.7 Å². The highest BCUT2D eigenvalue weighted by Crippen LogP contribution is 2.47. The Morgan fingerprint density at radius 2 is 1.92 bits per heavy atom. The van der Waals surface area contributed by atoms with E-state index in [0.29, 0.717) is 23.8 Å². The lowest BCUT2D eigenvalue weighted by molar-refractivity contribution is -0.129. The van der Waals surface area contributed by atoms with Crippen LogP contribution in [0.4, 0.5) is 22.9 Å². The van der Waals surface area contributed by atoms with Crippen LogP contribution in [0.1, 0.15) is 23.8 Å². The molecule has 1 aliphatic rings. The Morgan fingerprint density at radius 3 is 2.58 bits per heavy atom. The fourth-order valence-corrected chi connectivity index (χ4v) is 4.62. The number of hydrogen-bond acceptors (Lipinski definition) is 6. The summed E-state index contributed by atoms with van der Waals surface area (Å²) in [6.45, 7) is 9.76. The third-order valence-electron chi connectivity index (χ3n) is 6.55. The SMILES string of the molecule is [C-]#[N+]c1ccc(N2CC(CC(=O)N(C)C)c3onc(C)c3-c3ccc(-c4ccc(N)nc4)cc32)cc1. The highest BCUT2D eigenvalue weighted by atomic mass is 16.5. The number of rotatable bonds is 4. The minimum Gasteiger partial charge on any atom is -0.384 e. The smallest absolute Gasteiger partial charge is 0.222 e. The largest absolute Gasteiger partial charge is 0.384 e. The third kappa shape index (κ3) is 4.16. The maximum atomic E-state index is 12.8. The zero-order valence-corrected chi connectivity index (χ0v) is 20.4. The van der Waals surface area contributed by atoms with Gasteiger partial charge in [0, 0.05) is 67.2 Å². The summed E-state index contributed by atoms with van der Waals surface area (Å²) in [6.07, 6.45) is 2.05. The summed E-state index contributed by atoms with van der Waals surface area (Å²) in [7, 11) is 3.52. The fourth-order valence-electron chi connectivity index (χ4n) is 4.62. The molecular weight excluding hydrogens is 452 g/mol. The summed E-state index contributed by atoms with van der Waals surface area (Å²) in [5.41, 5.74) is 12.9. The Kier molecular flexibility index (Phi) is 5.90. The summed E-state index contributed by atoms with van der Waals surface area (Å²) in [5.74, 6) is 0.980. The second-order valence-corrected chi connectivity index (χ2v) is 9.14. The molecule has 2 aromatic carbocycles. The van der Waals surface area contributed by atoms with Gasteiger partial charge >= 0.3 is 0 Å². The first-order chi connectivity index (χ1) is 17.4. The van der Waals surface area contributed by atoms with Gasteiger partial charge in [-0.15, -0.1) is 0 Å². The van der Waals surface area contributed by atoms with Crippen molar-refractivity contribution in [1.82, 2.24) is 15.0 Å². The molecule has 0 saturated carbocycles. The fraction of sp³-hybridized carbons (Fsp3) is 0.214. The number of anilines is 3. The van der Waals surface area contributed by atoms with Gasteiger partial charge in [0.05, 0.1) is 12.3 Å². The van der Waals surface area contributed by atoms with Gasteiger partial charge in [-0.2, -0.15) is 0 Å². The monoisotopic (exact) mass is 478 g/mol. The van der Waals surface area contributed by atoms with Crippen molar-refractivity contribution in [3.8, 4) is 22.3 Å². The molecule has 8 nitrogen and oxygen atoms in total. The molecule has 0 radical (unpaired) electrons. The molecule has 0 fully saturated rings. The molecule has 5 rings (SSSR count). The van der Waals surface area contributed by atoms with Gasteiger partial charge in [0.15, 0.2) is 5.69 Å². The number of hydrogen-bond donors (Lipinski definition) is 1. The van der Waals surface area contributed by atoms with Gasteiger partial charge in [-0.3, -0.25) is 4.79 Å². The summed E-state index contributed by atoms with van der Waals surface area (Å²) in [5, 5.41) is 4.28. The molecule has 0 bridgehead atoms. The minimum absolute atomic E-state index is 0.0166. The molecule has 2 N–H and O–H groups in total. The zero-order chi connectivity index (χ0) is 25.4. The van der Waals surface area contributed by atoms with Crippen molar-refractivity contribution < 1.29 is 9.32 Å². The molecule has 4 aromatic rings. The zero-order valence-electron chi connectivity index (χ0n) is 20.4. The molecule has 3 heterocycles. The van der Waals surface area contributed by atoms with Gasteiger partial charge in [0.1, 0.15) is 11.6 Å². The molecule has 36 heavy (non-hydrogen) atoms. The van der Waals surface area contributed by atoms with Crippen LogP contribution in [0.5, 0.6) is 0 Å². The average molecular weight is 479 g/mol. The van der Waals surface area contributed by atoms with Gasteiger partial charge in [-0.05, 0) is 42.8 Å². The first-order valence-electron chi connectivity index (χ1n) is 11.6. The number of carbonyl (C=O) groups is 1. The number of nitrogen functional groups attached to an aromatic ring is 1. The molecular formula is C28H26N6O2. The number of benzene rings is 2. The van der Waals surface area contributed by atoms with Gasteiger partial charge in [-0.25, -0.2) is 9.83 Å². The normalized spacial score (nSPS) is 14.4. The van der Waals surface area contributed by atoms with Gasteiger partial charge in [0.25, 0.3) is 0 Å². The summed E-state index contributed by atoms with van der Waals surface area (Å²) >= 11 is 0. The van der Waals surface area contributed by atoms with Crippen LogP contribution in [0.15, 0.2) is 65.3 Å². The van der Waals surface area contributed by atoms with Crippen molar-refractivity contribution in [2.24, 2.45) is 0 Å². The molecule has 0 saturated heterocycles. The van der Waals surface area contributed by atoms with Crippen LogP contribution in [0.3, 0.4) is 0 Å². The highest BCUT2D eigenvalue weighted by Gasteiger charge is 2.34. The molecule has 1 amide bonds. The number of pyridine rings is 1. The first-order valence-corrected chi connectivity index (χ1v) is 11.6. The lowest BCUT2D eigenvalue weighted by Gasteiger charge is -2.28. The van der Waals surface area contributed by atoms with Crippen LogP contribution in [0.2, 0.25) is 0 Å². The molecule has 180 valence electrons. The van der Waals surface area contributed by atoms with E-state index in [1.807, 2.05) is 43.3 Å². The van der Waals surface area contributed by atoms with E-state index in [4.69, 9.17) is 16.8 Å². The average Bonchev–Trinajstić information content (AvgIpc) is 3.21. The van der Waals surface area contributed by atoms with Crippen LogP contribution in [-0.2, 0) is 4.79 Å². The van der Waals surface area contributed by atoms with E-state index in [-0.39, 0.29) is 18.2 Å². The van der Waals surface area contributed by atoms with Crippen molar-refractivity contribution in [3.63, 3.8) is 0 Å². The Labute approximate surface area is 209 Å². The van der Waals surface area contributed by atoms with Gasteiger partial charge < -0.3 is 20.1 Å². The number of amides is 1. The van der Waals surface area contributed by atoms with Crippen molar-refractivity contribution in [1.29, 1.82) is 0 Å². The Hall–Kier alpha value is -4.64. The molecule has 0 spiro atoms. The molecule has 2 aromatic heterocycles. The molecule has 1 atom stereocenters. The standard InChI is InChI=1S/C28H26N6O2/c1-17-27-23-11-5-18(19-6-12-25(29)31-15-19)13-24(23)34(22-9-7-21(30-2)8-10-22)16-20(28(27)36-32-17)14-26(35)33(3)4/h5-13,15,20H,14,16H2,1,3-4H3,(H2,29,31). The maximum Gasteiger partial charge on any atom is 0.222 e. The van der Waals surface area contributed by atoms with Crippen LogP contribution in [0.25, 0.3) is 27.1 Å². The summed E-state index contributed by atoms with van der Waals surface area (Å²) < 4.78 is 5.85. The Morgan fingerprint density at radius 1 is 1.17 bits per heavy atom. The van der Waals surface area contributed by atoms with Crippen molar-refractivity contribution in [2.45, 2.75) is 19.3 Å². The van der Waals surface area contributed by atoms with E-state index >= 15 is 0 Å². The van der Waals surface area contributed by atoms with Crippen LogP contribution < -0.4 is 10.6 Å². The molecule has 1 aliphatic heterocycles. The Bertz CT molecular complexity index is 1470. The number of aromatic nitrogens is 2. The minimum atomic E-state index is -0.217. The predicted molar refractivity (Wildman–Crippen MR) is 140 cm³/mol. The van der Waals surface area contributed by atoms with Gasteiger partial charge in [0.2, 0.25) is 5.91 Å². The lowest BCUT2D eigenvalue weighted by Crippen LogP contribution is -2.28. The van der Waals surface area contributed by atoms with Crippen molar-refractivity contribution >= 4 is 28.8 Å². The number of aryl methyl sites for hydroxylation is 1. The molecule has 8 heteroatoms. The van der Waals surface area contributed by atoms with E-state index in [9.17, 15) is 4.79 Å². The van der Waals surface area contributed by atoms with Gasteiger partial charge in [-0.1, -0.05) is 29.4 Å². The van der Waals surface area contributed by atoms with E-state index in [0.717, 1.165) is 39.3 Å². The number of nitrogens with two attached hydrogens (primary N) is 1. The van der Waals surface area contributed by atoms with Crippen LogP contribution >= 0.6 is 0 Å². The third-order valence-corrected chi connectivity index (χ3v) is 6.55. The highest BCUT2D eigenvalue weighted by molar-refractivity contribution is 5.90. The number of fused-ring (bicyclic) bond motifs is 3. The number of nitrogens with zero attached hydrogens (tertiary/aromatic N) is 5. The number of carbonyl (C=O) groups excluding carboxylic acids is 1. The van der Waals surface area contributed by atoms with Crippen LogP contribution in [-0.4, -0.2) is 41.6 Å². The summed E-state index contributed by atoms with van der Waals surface area (Å²) in [4.78, 5) is 24.4. The first kappa shape index (κ1) is 23.1. The summed E-state index contributed by atoms with van der Waals surface area (Å²) in [6, 6.07) is 17.5. The topological polar surface area (TPSA) is 92.9 Å². The second kappa shape index (κ2) is 9.19. The van der Waals surface area contributed by atoms with E-state index < -0.39 is 0 Å². The molecule has 0 aliphatic carbocycles. The molecule has 1 unspecified atom stereocenters. The van der Waals surface area contributed by atoms with Crippen LogP contribution in [0, 0.1) is 13.5 Å². The maximum absolute atomic E-state index is 12.8.